The molecule has 1 fully saturated rings. The molecule has 0 aromatic heterocycles. The van der Waals surface area contributed by atoms with Crippen LogP contribution < -0.4 is 4.83 Å². The molecule has 1 N–H and O–H groups in total. The van der Waals surface area contributed by atoms with Gasteiger partial charge in [-0.1, -0.05) is 28.1 Å². The molecular weight excluding hydrogens is 411 g/mol. The largest absolute Gasteiger partial charge is 0.242 e. The first-order valence-corrected chi connectivity index (χ1v) is 9.78. The summed E-state index contributed by atoms with van der Waals surface area (Å²) < 4.78 is 1.16. The average Bonchev–Trinajstić information content (AvgIpc) is 2.38. The van der Waals surface area contributed by atoms with Crippen molar-refractivity contribution in [3.8, 4) is 0 Å². The fourth-order valence-electron chi connectivity index (χ4n) is 2.21. The Balaban J connectivity index is 1.92. The van der Waals surface area contributed by atoms with Crippen molar-refractivity contribution >= 4 is 52.0 Å². The highest BCUT2D eigenvalue weighted by atomic mass is 127. The number of hydrazone groups is 1. The van der Waals surface area contributed by atoms with Crippen molar-refractivity contribution in [2.24, 2.45) is 5.10 Å². The van der Waals surface area contributed by atoms with Crippen LogP contribution in [-0.4, -0.2) is 5.71 Å². The predicted molar refractivity (Wildman–Crippen MR) is 87.5 cm³/mol. The summed E-state index contributed by atoms with van der Waals surface area (Å²) in [7, 11) is 1.52. The topological polar surface area (TPSA) is 24.4 Å². The third-order valence-corrected chi connectivity index (χ3v) is 4.42. The van der Waals surface area contributed by atoms with Crippen LogP contribution in [0.5, 0.6) is 0 Å². The van der Waals surface area contributed by atoms with Crippen LogP contribution >= 0.6 is 46.3 Å². The maximum atomic E-state index is 4.36. The van der Waals surface area contributed by atoms with Gasteiger partial charge < -0.3 is 0 Å². The molecule has 1 aliphatic rings. The molecule has 17 heavy (non-hydrogen) atoms. The van der Waals surface area contributed by atoms with Gasteiger partial charge >= 0.3 is 0 Å². The second kappa shape index (κ2) is 6.99. The molecule has 1 aliphatic carbocycles. The van der Waals surface area contributed by atoms with E-state index in [1.165, 1.54) is 33.2 Å². The first kappa shape index (κ1) is 13.7. The van der Waals surface area contributed by atoms with Gasteiger partial charge in [0.2, 0.25) is 0 Å². The molecule has 1 aromatic rings. The van der Waals surface area contributed by atoms with Gasteiger partial charge in [0.25, 0.3) is 0 Å². The highest BCUT2D eigenvalue weighted by Crippen LogP contribution is 2.32. The lowest BCUT2D eigenvalue weighted by Gasteiger charge is -2.23. The van der Waals surface area contributed by atoms with E-state index in [0.29, 0.717) is 5.92 Å². The number of rotatable bonds is 3. The Bertz CT molecular complexity index is 384. The minimum atomic E-state index is 0.703. The average molecular weight is 425 g/mol. The minimum Gasteiger partial charge on any atom is -0.242 e. The van der Waals surface area contributed by atoms with Gasteiger partial charge in [-0.15, -0.1) is 0 Å². The van der Waals surface area contributed by atoms with Crippen LogP contribution in [0.15, 0.2) is 33.8 Å². The Kier molecular flexibility index (Phi) is 5.62. The molecule has 0 unspecified atom stereocenters. The Morgan fingerprint density at radius 3 is 2.47 bits per heavy atom. The zero-order valence-electron chi connectivity index (χ0n) is 9.33. The normalized spacial score (nSPS) is 20.1. The van der Waals surface area contributed by atoms with E-state index in [4.69, 9.17) is 0 Å². The van der Waals surface area contributed by atoms with Crippen molar-refractivity contribution in [1.82, 2.24) is 4.83 Å². The van der Waals surface area contributed by atoms with E-state index >= 15 is 0 Å². The molecule has 0 heterocycles. The van der Waals surface area contributed by atoms with Crippen molar-refractivity contribution in [3.63, 3.8) is 0 Å². The molecule has 0 amide bonds. The Morgan fingerprint density at radius 2 is 1.88 bits per heavy atom. The van der Waals surface area contributed by atoms with Gasteiger partial charge in [0, 0.05) is 40.5 Å². The van der Waals surface area contributed by atoms with Crippen LogP contribution in [0, 0.1) is 0 Å². The van der Waals surface area contributed by atoms with Gasteiger partial charge in [-0.05, 0) is 49.3 Å². The van der Waals surface area contributed by atoms with Gasteiger partial charge in [0.05, 0.1) is 0 Å². The second-order valence-corrected chi connectivity index (χ2v) is 6.75. The van der Waals surface area contributed by atoms with Crippen molar-refractivity contribution in [3.05, 3.63) is 34.3 Å². The zero-order valence-corrected chi connectivity index (χ0v) is 13.9. The van der Waals surface area contributed by atoms with E-state index in [0.717, 1.165) is 17.3 Å². The number of nitrogens with one attached hydrogen (secondary N) is 1. The van der Waals surface area contributed by atoms with Crippen LogP contribution in [0.25, 0.3) is 0 Å². The molecule has 0 radical (unpaired) electrons. The van der Waals surface area contributed by atoms with Crippen molar-refractivity contribution in [1.29, 1.82) is 0 Å². The Labute approximate surface area is 127 Å². The number of hydrogen-bond acceptors (Lipinski definition) is 3. The third-order valence-electron chi connectivity index (χ3n) is 3.14. The van der Waals surface area contributed by atoms with Gasteiger partial charge in [0.1, 0.15) is 0 Å². The summed E-state index contributed by atoms with van der Waals surface area (Å²) in [6.07, 6.45) is 4.66. The summed E-state index contributed by atoms with van der Waals surface area (Å²) in [6.45, 7) is 0. The third kappa shape index (κ3) is 4.13. The molecule has 92 valence electrons. The number of benzene rings is 1. The fourth-order valence-corrected chi connectivity index (χ4v) is 2.94. The summed E-state index contributed by atoms with van der Waals surface area (Å²) in [5.74, 6) is 0.703. The van der Waals surface area contributed by atoms with E-state index in [-0.39, 0.29) is 0 Å². The lowest BCUT2D eigenvalue weighted by atomic mass is 9.83. The first-order chi connectivity index (χ1) is 8.29. The van der Waals surface area contributed by atoms with Crippen LogP contribution in [0.4, 0.5) is 0 Å². The SMILES string of the molecule is Brc1ccc(C2CCC(=NNSI)CC2)cc1. The number of hydrogen-bond donors (Lipinski definition) is 1. The van der Waals surface area contributed by atoms with E-state index in [2.05, 4.69) is 71.3 Å². The monoisotopic (exact) mass is 424 g/mol. The summed E-state index contributed by atoms with van der Waals surface area (Å²) in [5, 5.41) is 4.36. The molecule has 5 heteroatoms. The van der Waals surface area contributed by atoms with E-state index < -0.39 is 0 Å². The smallest absolute Gasteiger partial charge is 0.0396 e. The number of halogens is 2. The summed E-state index contributed by atoms with van der Waals surface area (Å²) in [4.78, 5) is 2.97. The predicted octanol–water partition coefficient (Wildman–Crippen LogP) is 5.05. The summed E-state index contributed by atoms with van der Waals surface area (Å²) >= 11 is 5.67. The molecule has 0 spiro atoms. The van der Waals surface area contributed by atoms with E-state index in [1.807, 2.05) is 0 Å². The Morgan fingerprint density at radius 1 is 1.24 bits per heavy atom. The van der Waals surface area contributed by atoms with E-state index in [1.54, 1.807) is 0 Å². The second-order valence-electron chi connectivity index (χ2n) is 4.17. The molecule has 2 rings (SSSR count). The molecule has 0 aliphatic heterocycles. The minimum absolute atomic E-state index is 0.703. The molecule has 0 bridgehead atoms. The highest BCUT2D eigenvalue weighted by molar-refractivity contribution is 14.2. The molecule has 0 atom stereocenters. The molecule has 2 nitrogen and oxygen atoms in total. The van der Waals surface area contributed by atoms with Crippen LogP contribution in [0.1, 0.15) is 37.2 Å². The standard InChI is InChI=1S/C12H14BrIN2S/c13-11-5-1-9(2-6-11)10-3-7-12(8-4-10)15-16-17-14/h1-2,5-6,10,16H,3-4,7-8H2. The zero-order chi connectivity index (χ0) is 12.1. The lowest BCUT2D eigenvalue weighted by molar-refractivity contribution is 0.564. The van der Waals surface area contributed by atoms with Gasteiger partial charge in [-0.25, -0.2) is 4.83 Å². The lowest BCUT2D eigenvalue weighted by Crippen LogP contribution is -2.14. The van der Waals surface area contributed by atoms with Crippen molar-refractivity contribution in [2.75, 3.05) is 0 Å². The molecule has 1 aromatic carbocycles. The number of nitrogens with zero attached hydrogens (tertiary/aromatic N) is 1. The highest BCUT2D eigenvalue weighted by Gasteiger charge is 2.19. The van der Waals surface area contributed by atoms with Crippen molar-refractivity contribution < 1.29 is 0 Å². The Hall–Kier alpha value is 0.250. The van der Waals surface area contributed by atoms with Crippen LogP contribution in [0.2, 0.25) is 0 Å². The molecular formula is C12H14BrIN2S. The van der Waals surface area contributed by atoms with Gasteiger partial charge in [-0.2, -0.15) is 5.10 Å². The maximum Gasteiger partial charge on any atom is 0.0396 e. The molecule has 1 saturated carbocycles. The quantitative estimate of drug-likeness (QED) is 0.417. The van der Waals surface area contributed by atoms with E-state index in [9.17, 15) is 0 Å². The first-order valence-electron chi connectivity index (χ1n) is 5.63. The van der Waals surface area contributed by atoms with Gasteiger partial charge in [-0.3, -0.25) is 0 Å². The van der Waals surface area contributed by atoms with Gasteiger partial charge in [0.15, 0.2) is 0 Å². The molecule has 0 saturated heterocycles. The van der Waals surface area contributed by atoms with Crippen LogP contribution in [-0.2, 0) is 0 Å². The fraction of sp³-hybridized carbons (Fsp3) is 0.417. The maximum absolute atomic E-state index is 4.36. The van der Waals surface area contributed by atoms with Crippen molar-refractivity contribution in [2.45, 2.75) is 31.6 Å². The summed E-state index contributed by atoms with van der Waals surface area (Å²) in [6, 6.07) is 8.73. The van der Waals surface area contributed by atoms with Crippen LogP contribution in [0.3, 0.4) is 0 Å². The summed E-state index contributed by atoms with van der Waals surface area (Å²) in [5.41, 5.74) is 2.77.